The summed E-state index contributed by atoms with van der Waals surface area (Å²) < 4.78 is 0. The van der Waals surface area contributed by atoms with Crippen molar-refractivity contribution in [1.29, 1.82) is 0 Å². The van der Waals surface area contributed by atoms with Crippen LogP contribution >= 0.6 is 0 Å². The minimum Gasteiger partial charge on any atom is -0.310 e. The zero-order valence-corrected chi connectivity index (χ0v) is 9.32. The van der Waals surface area contributed by atoms with Gasteiger partial charge in [0.05, 0.1) is 0 Å². The molecule has 3 nitrogen and oxygen atoms in total. The van der Waals surface area contributed by atoms with Crippen molar-refractivity contribution < 1.29 is 0 Å². The largest absolute Gasteiger partial charge is 0.310 e. The van der Waals surface area contributed by atoms with Crippen LogP contribution in [0, 0.1) is 5.92 Å². The van der Waals surface area contributed by atoms with Gasteiger partial charge in [-0.3, -0.25) is 0 Å². The van der Waals surface area contributed by atoms with Crippen LogP contribution in [0.15, 0.2) is 18.7 Å². The quantitative estimate of drug-likeness (QED) is 0.821. The molecule has 2 rings (SSSR count). The summed E-state index contributed by atoms with van der Waals surface area (Å²) in [6, 6.07) is 0.680. The molecule has 0 aromatic carbocycles. The number of hydrogen-bond acceptors (Lipinski definition) is 3. The van der Waals surface area contributed by atoms with Crippen molar-refractivity contribution in [1.82, 2.24) is 15.3 Å². The van der Waals surface area contributed by atoms with E-state index in [0.717, 1.165) is 12.5 Å². The SMILES string of the molecule is C[C@@H]1CCCC[C@@H]1NCc1cncnc1. The lowest BCUT2D eigenvalue weighted by Crippen LogP contribution is -2.36. The highest BCUT2D eigenvalue weighted by molar-refractivity contribution is 5.02. The second kappa shape index (κ2) is 5.21. The minimum absolute atomic E-state index is 0.680. The minimum atomic E-state index is 0.680. The number of nitrogens with one attached hydrogen (secondary N) is 1. The normalized spacial score (nSPS) is 26.5. The summed E-state index contributed by atoms with van der Waals surface area (Å²) in [6.07, 6.45) is 10.8. The molecular formula is C12H19N3. The van der Waals surface area contributed by atoms with Crippen LogP contribution in [0.2, 0.25) is 0 Å². The van der Waals surface area contributed by atoms with Gasteiger partial charge in [-0.25, -0.2) is 9.97 Å². The Morgan fingerprint density at radius 2 is 2.00 bits per heavy atom. The van der Waals surface area contributed by atoms with Crippen molar-refractivity contribution in [2.75, 3.05) is 0 Å². The Morgan fingerprint density at radius 1 is 1.27 bits per heavy atom. The summed E-state index contributed by atoms with van der Waals surface area (Å²) in [5.74, 6) is 0.809. The lowest BCUT2D eigenvalue weighted by molar-refractivity contribution is 0.279. The van der Waals surface area contributed by atoms with E-state index in [4.69, 9.17) is 0 Å². The van der Waals surface area contributed by atoms with Crippen molar-refractivity contribution in [3.63, 3.8) is 0 Å². The van der Waals surface area contributed by atoms with Crippen molar-refractivity contribution in [3.8, 4) is 0 Å². The van der Waals surface area contributed by atoms with Gasteiger partial charge in [0.2, 0.25) is 0 Å². The van der Waals surface area contributed by atoms with E-state index < -0.39 is 0 Å². The van der Waals surface area contributed by atoms with Crippen LogP contribution in [0.3, 0.4) is 0 Å². The molecule has 0 unspecified atom stereocenters. The van der Waals surface area contributed by atoms with Crippen LogP contribution in [0.25, 0.3) is 0 Å². The van der Waals surface area contributed by atoms with Crippen molar-refractivity contribution >= 4 is 0 Å². The van der Waals surface area contributed by atoms with Gasteiger partial charge in [-0.2, -0.15) is 0 Å². The summed E-state index contributed by atoms with van der Waals surface area (Å²) in [6.45, 7) is 3.24. The molecule has 1 fully saturated rings. The van der Waals surface area contributed by atoms with Crippen LogP contribution in [0.1, 0.15) is 38.2 Å². The van der Waals surface area contributed by atoms with Gasteiger partial charge in [0.15, 0.2) is 0 Å². The van der Waals surface area contributed by atoms with E-state index in [0.29, 0.717) is 6.04 Å². The van der Waals surface area contributed by atoms with E-state index >= 15 is 0 Å². The Bertz CT molecular complexity index is 286. The fourth-order valence-electron chi connectivity index (χ4n) is 2.29. The molecule has 0 aliphatic heterocycles. The number of rotatable bonds is 3. The molecule has 1 aliphatic rings. The highest BCUT2D eigenvalue weighted by atomic mass is 14.9. The maximum Gasteiger partial charge on any atom is 0.115 e. The second-order valence-corrected chi connectivity index (χ2v) is 4.50. The second-order valence-electron chi connectivity index (χ2n) is 4.50. The van der Waals surface area contributed by atoms with Gasteiger partial charge < -0.3 is 5.32 Å². The molecule has 1 heterocycles. The van der Waals surface area contributed by atoms with Gasteiger partial charge >= 0.3 is 0 Å². The lowest BCUT2D eigenvalue weighted by atomic mass is 9.86. The molecule has 0 amide bonds. The van der Waals surface area contributed by atoms with E-state index in [9.17, 15) is 0 Å². The maximum absolute atomic E-state index is 4.02. The Balaban J connectivity index is 1.82. The smallest absolute Gasteiger partial charge is 0.115 e. The van der Waals surface area contributed by atoms with Gasteiger partial charge in [0.1, 0.15) is 6.33 Å². The molecule has 1 aliphatic carbocycles. The third-order valence-electron chi connectivity index (χ3n) is 3.29. The van der Waals surface area contributed by atoms with E-state index in [-0.39, 0.29) is 0 Å². The zero-order valence-electron chi connectivity index (χ0n) is 9.32. The van der Waals surface area contributed by atoms with Gasteiger partial charge in [0.25, 0.3) is 0 Å². The highest BCUT2D eigenvalue weighted by Crippen LogP contribution is 2.23. The molecule has 0 saturated heterocycles. The molecule has 1 N–H and O–H groups in total. The lowest BCUT2D eigenvalue weighted by Gasteiger charge is -2.29. The third kappa shape index (κ3) is 2.99. The van der Waals surface area contributed by atoms with E-state index in [1.807, 2.05) is 12.4 Å². The fraction of sp³-hybridized carbons (Fsp3) is 0.667. The molecule has 2 atom stereocenters. The van der Waals surface area contributed by atoms with Crippen LogP contribution in [-0.4, -0.2) is 16.0 Å². The summed E-state index contributed by atoms with van der Waals surface area (Å²) in [4.78, 5) is 8.03. The van der Waals surface area contributed by atoms with Gasteiger partial charge in [-0.15, -0.1) is 0 Å². The standard InChI is InChI=1S/C12H19N3/c1-10-4-2-3-5-12(10)15-8-11-6-13-9-14-7-11/h6-7,9-10,12,15H,2-5,8H2,1H3/t10-,12+/m1/s1. The topological polar surface area (TPSA) is 37.8 Å². The molecule has 3 heteroatoms. The van der Waals surface area contributed by atoms with Crippen molar-refractivity contribution in [3.05, 3.63) is 24.3 Å². The Hall–Kier alpha value is -0.960. The van der Waals surface area contributed by atoms with E-state index in [1.165, 1.54) is 31.2 Å². The van der Waals surface area contributed by atoms with Gasteiger partial charge in [0, 0.05) is 30.5 Å². The fourth-order valence-corrected chi connectivity index (χ4v) is 2.29. The predicted octanol–water partition coefficient (Wildman–Crippen LogP) is 2.14. The first-order valence-corrected chi connectivity index (χ1v) is 5.83. The molecule has 1 saturated carbocycles. The Morgan fingerprint density at radius 3 is 2.73 bits per heavy atom. The van der Waals surface area contributed by atoms with Crippen LogP contribution in [0.5, 0.6) is 0 Å². The zero-order chi connectivity index (χ0) is 10.5. The summed E-state index contributed by atoms with van der Waals surface area (Å²) in [7, 11) is 0. The molecular weight excluding hydrogens is 186 g/mol. The van der Waals surface area contributed by atoms with Crippen molar-refractivity contribution in [2.45, 2.75) is 45.2 Å². The van der Waals surface area contributed by atoms with Crippen LogP contribution in [0.4, 0.5) is 0 Å². The summed E-state index contributed by atoms with van der Waals surface area (Å²) in [5.41, 5.74) is 1.18. The number of aromatic nitrogens is 2. The first-order chi connectivity index (χ1) is 7.36. The van der Waals surface area contributed by atoms with E-state index in [1.54, 1.807) is 6.33 Å². The van der Waals surface area contributed by atoms with Gasteiger partial charge in [-0.05, 0) is 18.8 Å². The predicted molar refractivity (Wildman–Crippen MR) is 60.3 cm³/mol. The molecule has 1 aromatic rings. The van der Waals surface area contributed by atoms with Gasteiger partial charge in [-0.1, -0.05) is 19.8 Å². The van der Waals surface area contributed by atoms with Crippen LogP contribution < -0.4 is 5.32 Å². The average molecular weight is 205 g/mol. The molecule has 0 bridgehead atoms. The first kappa shape index (κ1) is 10.6. The number of nitrogens with zero attached hydrogens (tertiary/aromatic N) is 2. The molecule has 0 radical (unpaired) electrons. The Kier molecular flexibility index (Phi) is 3.67. The van der Waals surface area contributed by atoms with Crippen LogP contribution in [-0.2, 0) is 6.54 Å². The maximum atomic E-state index is 4.02. The van der Waals surface area contributed by atoms with Crippen molar-refractivity contribution in [2.24, 2.45) is 5.92 Å². The Labute approximate surface area is 91.3 Å². The molecule has 82 valence electrons. The average Bonchev–Trinajstić information content (AvgIpc) is 2.29. The summed E-state index contributed by atoms with van der Waals surface area (Å²) >= 11 is 0. The molecule has 0 spiro atoms. The monoisotopic (exact) mass is 205 g/mol. The first-order valence-electron chi connectivity index (χ1n) is 5.83. The number of hydrogen-bond donors (Lipinski definition) is 1. The summed E-state index contributed by atoms with van der Waals surface area (Å²) in [5, 5.41) is 3.61. The molecule has 15 heavy (non-hydrogen) atoms. The third-order valence-corrected chi connectivity index (χ3v) is 3.29. The van der Waals surface area contributed by atoms with E-state index in [2.05, 4.69) is 22.2 Å². The highest BCUT2D eigenvalue weighted by Gasteiger charge is 2.20. The molecule has 1 aromatic heterocycles.